The molecule has 0 saturated carbocycles. The lowest BCUT2D eigenvalue weighted by molar-refractivity contribution is -0.150. The fourth-order valence-electron chi connectivity index (χ4n) is 5.44. The third-order valence-electron chi connectivity index (χ3n) is 8.40. The number of hydrogen-bond acceptors (Lipinski definition) is 3. The van der Waals surface area contributed by atoms with Crippen molar-refractivity contribution in [3.05, 3.63) is 48.6 Å². The second-order valence-corrected chi connectivity index (χ2v) is 12.6. The highest BCUT2D eigenvalue weighted by molar-refractivity contribution is 5.69. The SMILES string of the molecule is CCC/C=C\CCCC/C=C\CCCCCC(CCCCC/C=C\CCCC/C=C\CCC)OC(=O)CCCN(CC)CC. The quantitative estimate of drug-likeness (QED) is 0.0419. The minimum absolute atomic E-state index is 0.00901. The first kappa shape index (κ1) is 42.4. The summed E-state index contributed by atoms with van der Waals surface area (Å²) in [5.41, 5.74) is 0. The summed E-state index contributed by atoms with van der Waals surface area (Å²) in [6.45, 7) is 11.9. The molecule has 0 N–H and O–H groups in total. The number of allylic oxidation sites excluding steroid dienone is 8. The maximum Gasteiger partial charge on any atom is 0.306 e. The van der Waals surface area contributed by atoms with Crippen LogP contribution in [0.15, 0.2) is 48.6 Å². The number of ether oxygens (including phenoxy) is 1. The highest BCUT2D eigenvalue weighted by Crippen LogP contribution is 2.17. The van der Waals surface area contributed by atoms with E-state index in [0.29, 0.717) is 6.42 Å². The number of hydrogen-bond donors (Lipinski definition) is 0. The van der Waals surface area contributed by atoms with Crippen LogP contribution in [-0.2, 0) is 9.53 Å². The largest absolute Gasteiger partial charge is 0.462 e. The van der Waals surface area contributed by atoms with Gasteiger partial charge in [0.15, 0.2) is 0 Å². The van der Waals surface area contributed by atoms with Crippen LogP contribution < -0.4 is 0 Å². The topological polar surface area (TPSA) is 29.5 Å². The molecular formula is C41H75NO2. The van der Waals surface area contributed by atoms with E-state index in [1.807, 2.05) is 0 Å². The van der Waals surface area contributed by atoms with Gasteiger partial charge in [-0.1, -0.05) is 102 Å². The third-order valence-corrected chi connectivity index (χ3v) is 8.40. The molecule has 0 fully saturated rings. The summed E-state index contributed by atoms with van der Waals surface area (Å²) < 4.78 is 6.03. The highest BCUT2D eigenvalue weighted by atomic mass is 16.5. The van der Waals surface area contributed by atoms with Crippen LogP contribution in [0.5, 0.6) is 0 Å². The average Bonchev–Trinajstić information content (AvgIpc) is 3.03. The summed E-state index contributed by atoms with van der Waals surface area (Å²) in [5, 5.41) is 0. The van der Waals surface area contributed by atoms with Gasteiger partial charge in [-0.2, -0.15) is 0 Å². The predicted molar refractivity (Wildman–Crippen MR) is 196 cm³/mol. The first-order chi connectivity index (χ1) is 21.7. The van der Waals surface area contributed by atoms with Gasteiger partial charge >= 0.3 is 5.97 Å². The Kier molecular flexibility index (Phi) is 34.6. The van der Waals surface area contributed by atoms with Gasteiger partial charge < -0.3 is 9.64 Å². The second-order valence-electron chi connectivity index (χ2n) is 12.6. The molecule has 0 aliphatic heterocycles. The van der Waals surface area contributed by atoms with Crippen molar-refractivity contribution in [2.24, 2.45) is 0 Å². The van der Waals surface area contributed by atoms with Crippen molar-refractivity contribution >= 4 is 5.97 Å². The summed E-state index contributed by atoms with van der Waals surface area (Å²) in [6, 6.07) is 0. The van der Waals surface area contributed by atoms with Crippen molar-refractivity contribution in [1.29, 1.82) is 0 Å². The molecule has 0 aromatic carbocycles. The first-order valence-electron chi connectivity index (χ1n) is 19.2. The molecular weight excluding hydrogens is 538 g/mol. The molecule has 256 valence electrons. The number of carbonyl (C=O) groups is 1. The fraction of sp³-hybridized carbons (Fsp3) is 0.780. The summed E-state index contributed by atoms with van der Waals surface area (Å²) in [5.74, 6) is 0.00901. The normalized spacial score (nSPS) is 12.4. The molecule has 0 saturated heterocycles. The van der Waals surface area contributed by atoms with Gasteiger partial charge in [0.05, 0.1) is 0 Å². The summed E-state index contributed by atoms with van der Waals surface area (Å²) in [7, 11) is 0. The average molecular weight is 614 g/mol. The second kappa shape index (κ2) is 35.9. The minimum Gasteiger partial charge on any atom is -0.462 e. The van der Waals surface area contributed by atoms with Gasteiger partial charge in [0, 0.05) is 6.42 Å². The molecule has 0 amide bonds. The first-order valence-corrected chi connectivity index (χ1v) is 19.2. The van der Waals surface area contributed by atoms with E-state index in [0.717, 1.165) is 51.7 Å². The van der Waals surface area contributed by atoms with Crippen molar-refractivity contribution in [3.8, 4) is 0 Å². The standard InChI is InChI=1S/C41H75NO2/c1-5-9-11-13-15-17-19-21-23-25-27-29-31-33-36-40(44-41(43)38-35-39-42(7-3)8-4)37-34-32-30-28-26-24-22-20-18-16-14-12-10-6-2/h11-14,23-26,40H,5-10,15-22,27-39H2,1-4H3/b13-11-,14-12-,25-23-,26-24-. The van der Waals surface area contributed by atoms with E-state index in [-0.39, 0.29) is 12.1 Å². The molecule has 3 heteroatoms. The third kappa shape index (κ3) is 31.8. The van der Waals surface area contributed by atoms with Crippen molar-refractivity contribution in [3.63, 3.8) is 0 Å². The van der Waals surface area contributed by atoms with Crippen LogP contribution in [0.1, 0.15) is 182 Å². The molecule has 0 aliphatic carbocycles. The van der Waals surface area contributed by atoms with E-state index in [9.17, 15) is 4.79 Å². The van der Waals surface area contributed by atoms with Crippen LogP contribution in [0.25, 0.3) is 0 Å². The molecule has 0 aromatic rings. The molecule has 0 rings (SSSR count). The molecule has 0 spiro atoms. The molecule has 0 atom stereocenters. The van der Waals surface area contributed by atoms with Gasteiger partial charge in [-0.3, -0.25) is 4.79 Å². The van der Waals surface area contributed by atoms with Crippen LogP contribution in [0.2, 0.25) is 0 Å². The van der Waals surface area contributed by atoms with Crippen molar-refractivity contribution in [2.45, 2.75) is 188 Å². The van der Waals surface area contributed by atoms with Gasteiger partial charge in [0.25, 0.3) is 0 Å². The Balaban J connectivity index is 4.20. The summed E-state index contributed by atoms with van der Waals surface area (Å²) >= 11 is 0. The summed E-state index contributed by atoms with van der Waals surface area (Å²) in [6.07, 6.45) is 47.0. The van der Waals surface area contributed by atoms with Gasteiger partial charge in [0.2, 0.25) is 0 Å². The van der Waals surface area contributed by atoms with Crippen LogP contribution >= 0.6 is 0 Å². The summed E-state index contributed by atoms with van der Waals surface area (Å²) in [4.78, 5) is 15.0. The lowest BCUT2D eigenvalue weighted by Crippen LogP contribution is -2.25. The van der Waals surface area contributed by atoms with Crippen LogP contribution in [0.3, 0.4) is 0 Å². The maximum absolute atomic E-state index is 12.6. The van der Waals surface area contributed by atoms with Gasteiger partial charge in [0.1, 0.15) is 6.10 Å². The molecule has 0 aromatic heterocycles. The molecule has 0 heterocycles. The van der Waals surface area contributed by atoms with Gasteiger partial charge in [-0.15, -0.1) is 0 Å². The monoisotopic (exact) mass is 614 g/mol. The molecule has 0 bridgehead atoms. The zero-order valence-electron chi connectivity index (χ0n) is 30.1. The Hall–Kier alpha value is -1.61. The van der Waals surface area contributed by atoms with Crippen molar-refractivity contribution < 1.29 is 9.53 Å². The smallest absolute Gasteiger partial charge is 0.306 e. The Morgan fingerprint density at radius 3 is 1.23 bits per heavy atom. The molecule has 44 heavy (non-hydrogen) atoms. The number of unbranched alkanes of at least 4 members (excludes halogenated alkanes) is 14. The highest BCUT2D eigenvalue weighted by Gasteiger charge is 2.14. The Morgan fingerprint density at radius 2 is 0.864 bits per heavy atom. The molecule has 3 nitrogen and oxygen atoms in total. The zero-order valence-corrected chi connectivity index (χ0v) is 30.1. The molecule has 0 unspecified atom stereocenters. The van der Waals surface area contributed by atoms with E-state index in [2.05, 4.69) is 81.2 Å². The van der Waals surface area contributed by atoms with E-state index in [1.165, 1.54) is 116 Å². The fourth-order valence-corrected chi connectivity index (χ4v) is 5.44. The molecule has 0 aliphatic rings. The Labute approximate surface area is 276 Å². The van der Waals surface area contributed by atoms with Crippen LogP contribution in [0, 0.1) is 0 Å². The van der Waals surface area contributed by atoms with Crippen molar-refractivity contribution in [1.82, 2.24) is 4.90 Å². The maximum atomic E-state index is 12.6. The van der Waals surface area contributed by atoms with Crippen LogP contribution in [-0.4, -0.2) is 36.6 Å². The van der Waals surface area contributed by atoms with Gasteiger partial charge in [-0.05, 0) is 142 Å². The number of carbonyl (C=O) groups excluding carboxylic acids is 1. The van der Waals surface area contributed by atoms with Crippen molar-refractivity contribution in [2.75, 3.05) is 19.6 Å². The van der Waals surface area contributed by atoms with E-state index in [1.54, 1.807) is 0 Å². The van der Waals surface area contributed by atoms with E-state index >= 15 is 0 Å². The zero-order chi connectivity index (χ0) is 32.2. The lowest BCUT2D eigenvalue weighted by Gasteiger charge is -2.20. The Morgan fingerprint density at radius 1 is 0.500 bits per heavy atom. The molecule has 0 radical (unpaired) electrons. The predicted octanol–water partition coefficient (Wildman–Crippen LogP) is 12.9. The number of esters is 1. The van der Waals surface area contributed by atoms with E-state index in [4.69, 9.17) is 4.74 Å². The minimum atomic E-state index is 0.00901. The van der Waals surface area contributed by atoms with Crippen LogP contribution in [0.4, 0.5) is 0 Å². The number of nitrogens with zero attached hydrogens (tertiary/aromatic N) is 1. The lowest BCUT2D eigenvalue weighted by atomic mass is 10.0. The number of rotatable bonds is 33. The van der Waals surface area contributed by atoms with E-state index < -0.39 is 0 Å². The van der Waals surface area contributed by atoms with Gasteiger partial charge in [-0.25, -0.2) is 0 Å². The Bertz CT molecular complexity index is 659.